The fourth-order valence-electron chi connectivity index (χ4n) is 3.40. The van der Waals surface area contributed by atoms with Crippen molar-refractivity contribution in [1.82, 2.24) is 15.0 Å². The number of phenolic OH excluding ortho intramolecular Hbond substituents is 3. The molecule has 0 saturated heterocycles. The Kier molecular flexibility index (Phi) is 10.9. The number of fused-ring (bicyclic) bond motifs is 3. The molecule has 0 aliphatic carbocycles. The molecule has 3 heterocycles. The molecule has 3 aromatic carbocycles. The summed E-state index contributed by atoms with van der Waals surface area (Å²) in [6, 6.07) is 15.5. The summed E-state index contributed by atoms with van der Waals surface area (Å²) in [6.07, 6.45) is 4.62. The largest absolute Gasteiger partial charge is 0.506 e. The Labute approximate surface area is 265 Å². The van der Waals surface area contributed by atoms with Crippen LogP contribution >= 0.6 is 0 Å². The fraction of sp³-hybridized carbons (Fsp3) is 0.0690. The Hall–Kier alpha value is -2.84. The molecule has 9 heteroatoms. The number of rotatable bonds is 0. The smallest absolute Gasteiger partial charge is 0.141 e. The summed E-state index contributed by atoms with van der Waals surface area (Å²) >= 11 is 0. The SMILES string of the molecule is [2H]c1ccc(O)c2nccc(C)c12.[2H]c1ccnc2c(O)ccc(C)c12.[2H]c1ccnc2c(O)ccc([2H])c12.[Zn].[Zn].[Zn]. The number of aryl methyl sites for hydroxylation is 2. The van der Waals surface area contributed by atoms with E-state index in [9.17, 15) is 15.3 Å². The predicted molar refractivity (Wildman–Crippen MR) is 140 cm³/mol. The number of aromatic hydroxyl groups is 3. The fourth-order valence-corrected chi connectivity index (χ4v) is 3.40. The van der Waals surface area contributed by atoms with E-state index in [1.54, 1.807) is 30.5 Å². The first-order chi connectivity index (χ1) is 18.6. The van der Waals surface area contributed by atoms with E-state index in [0.29, 0.717) is 34.0 Å². The molecule has 3 N–H and O–H groups in total. The van der Waals surface area contributed by atoms with E-state index in [1.165, 1.54) is 36.7 Å². The van der Waals surface area contributed by atoms with Crippen molar-refractivity contribution in [3.05, 3.63) is 108 Å². The third-order valence-electron chi connectivity index (χ3n) is 5.20. The molecule has 0 saturated carbocycles. The Bertz CT molecular complexity index is 1610. The molecular weight excluding hydrogens is 635 g/mol. The third kappa shape index (κ3) is 7.84. The number of benzene rings is 3. The molecule has 0 fully saturated rings. The molecule has 0 amide bonds. The summed E-state index contributed by atoms with van der Waals surface area (Å²) in [5.74, 6) is 0.282. The van der Waals surface area contributed by atoms with E-state index in [-0.39, 0.29) is 87.8 Å². The van der Waals surface area contributed by atoms with Gasteiger partial charge in [0.05, 0.1) is 5.48 Å². The van der Waals surface area contributed by atoms with Crippen LogP contribution in [0.4, 0.5) is 0 Å². The predicted octanol–water partition coefficient (Wildman–Crippen LogP) is 6.43. The number of hydrogen-bond acceptors (Lipinski definition) is 6. The Morgan fingerprint density at radius 3 is 1.61 bits per heavy atom. The zero-order valence-electron chi connectivity index (χ0n) is 25.2. The van der Waals surface area contributed by atoms with Gasteiger partial charge in [-0.25, -0.2) is 0 Å². The van der Waals surface area contributed by atoms with Gasteiger partial charge in [-0.1, -0.05) is 42.4 Å². The van der Waals surface area contributed by atoms with Crippen molar-refractivity contribution < 1.29 is 79.2 Å². The van der Waals surface area contributed by atoms with Gasteiger partial charge in [0.25, 0.3) is 0 Å². The first kappa shape index (κ1) is 26.8. The molecule has 6 nitrogen and oxygen atoms in total. The zero-order chi connectivity index (χ0) is 28.3. The van der Waals surface area contributed by atoms with Crippen LogP contribution in [-0.4, -0.2) is 30.3 Å². The molecule has 38 heavy (non-hydrogen) atoms. The second-order valence-electron chi connectivity index (χ2n) is 7.60. The van der Waals surface area contributed by atoms with Crippen LogP contribution in [0.15, 0.2) is 97.4 Å². The summed E-state index contributed by atoms with van der Waals surface area (Å²) < 4.78 is 30.4. The average molecular weight is 664 g/mol. The molecule has 0 atom stereocenters. The van der Waals surface area contributed by atoms with Crippen LogP contribution in [0.2, 0.25) is 0 Å². The quantitative estimate of drug-likeness (QED) is 0.162. The standard InChI is InChI=1S/2C10H9NO.C9H7NO.3Zn/c1-7-4-5-9(12)10-8(7)3-2-6-11-10;1-7-5-6-11-10-8(7)3-2-4-9(10)12;11-8-5-1-3-7-4-2-6-10-9(7)8;;;/h2*2-6,12H,1H3;1-6,11H;;;/i2*3D;3D,4D;;;. The van der Waals surface area contributed by atoms with Crippen LogP contribution in [0.5, 0.6) is 17.2 Å². The van der Waals surface area contributed by atoms with Crippen molar-refractivity contribution in [2.24, 2.45) is 0 Å². The van der Waals surface area contributed by atoms with E-state index >= 15 is 0 Å². The van der Waals surface area contributed by atoms with Crippen molar-refractivity contribution in [1.29, 1.82) is 0 Å². The molecule has 0 bridgehead atoms. The molecule has 6 rings (SSSR count). The number of hydrogen-bond donors (Lipinski definition) is 3. The van der Waals surface area contributed by atoms with Gasteiger partial charge in [0.15, 0.2) is 0 Å². The molecule has 0 spiro atoms. The number of pyridine rings is 3. The molecule has 3 aromatic heterocycles. The van der Waals surface area contributed by atoms with Crippen LogP contribution in [0.25, 0.3) is 32.7 Å². The Morgan fingerprint density at radius 2 is 0.974 bits per heavy atom. The molecule has 0 radical (unpaired) electrons. The van der Waals surface area contributed by atoms with Crippen molar-refractivity contribution in [2.45, 2.75) is 13.8 Å². The van der Waals surface area contributed by atoms with E-state index in [1.807, 2.05) is 19.9 Å². The van der Waals surface area contributed by atoms with Gasteiger partial charge in [0.1, 0.15) is 33.8 Å². The Morgan fingerprint density at radius 1 is 0.526 bits per heavy atom. The molecule has 0 aliphatic heterocycles. The minimum absolute atomic E-state index is 0. The molecule has 0 unspecified atom stereocenters. The number of nitrogens with zero attached hydrogens (tertiary/aromatic N) is 3. The minimum atomic E-state index is 0. The van der Waals surface area contributed by atoms with Gasteiger partial charge < -0.3 is 15.3 Å². The van der Waals surface area contributed by atoms with Gasteiger partial charge in [0.2, 0.25) is 0 Å². The normalized spacial score (nSPS) is 11.0. The van der Waals surface area contributed by atoms with E-state index in [0.717, 1.165) is 21.9 Å². The number of phenols is 3. The van der Waals surface area contributed by atoms with Gasteiger partial charge in [-0.3, -0.25) is 15.0 Å². The summed E-state index contributed by atoms with van der Waals surface area (Å²) in [7, 11) is 0. The summed E-state index contributed by atoms with van der Waals surface area (Å²) in [5, 5.41) is 30.2. The average Bonchev–Trinajstić information content (AvgIpc) is 2.91. The van der Waals surface area contributed by atoms with Crippen LogP contribution in [0.1, 0.15) is 16.6 Å². The van der Waals surface area contributed by atoms with Crippen LogP contribution in [0.3, 0.4) is 0 Å². The first-order valence-corrected chi connectivity index (χ1v) is 10.7. The summed E-state index contributed by atoms with van der Waals surface area (Å²) in [6.45, 7) is 3.81. The van der Waals surface area contributed by atoms with Gasteiger partial charge in [-0.15, -0.1) is 0 Å². The van der Waals surface area contributed by atoms with Crippen LogP contribution in [0, 0.1) is 13.8 Å². The second kappa shape index (κ2) is 15.5. The first-order valence-electron chi connectivity index (χ1n) is 12.7. The van der Waals surface area contributed by atoms with E-state index < -0.39 is 0 Å². The molecule has 6 aromatic rings. The van der Waals surface area contributed by atoms with Gasteiger partial charge in [-0.05, 0) is 61.4 Å². The van der Waals surface area contributed by atoms with Crippen LogP contribution < -0.4 is 0 Å². The van der Waals surface area contributed by atoms with Crippen molar-refractivity contribution >= 4 is 32.7 Å². The van der Waals surface area contributed by atoms with Crippen molar-refractivity contribution in [2.75, 3.05) is 0 Å². The van der Waals surface area contributed by atoms with E-state index in [4.69, 9.17) is 5.48 Å². The topological polar surface area (TPSA) is 99.4 Å². The van der Waals surface area contributed by atoms with E-state index in [2.05, 4.69) is 15.0 Å². The maximum Gasteiger partial charge on any atom is 0.141 e. The molecule has 180 valence electrons. The van der Waals surface area contributed by atoms with Gasteiger partial charge in [0, 0.05) is 93.2 Å². The monoisotopic (exact) mass is 659 g/mol. The maximum atomic E-state index is 9.47. The van der Waals surface area contributed by atoms with Gasteiger partial charge in [-0.2, -0.15) is 0 Å². The van der Waals surface area contributed by atoms with Gasteiger partial charge >= 0.3 is 0 Å². The van der Waals surface area contributed by atoms with Crippen LogP contribution in [-0.2, 0) is 58.4 Å². The van der Waals surface area contributed by atoms with Crippen molar-refractivity contribution in [3.8, 4) is 17.2 Å². The molecule has 0 aliphatic rings. The second-order valence-corrected chi connectivity index (χ2v) is 7.60. The molecular formula is C29H25N3O3Zn3. The number of para-hydroxylation sites is 2. The Balaban J connectivity index is 0.000000304. The zero-order valence-corrected chi connectivity index (χ0v) is 30.1. The third-order valence-corrected chi connectivity index (χ3v) is 5.20. The maximum absolute atomic E-state index is 9.47. The number of aromatic nitrogens is 3. The summed E-state index contributed by atoms with van der Waals surface area (Å²) in [4.78, 5) is 12.0. The minimum Gasteiger partial charge on any atom is -0.506 e. The summed E-state index contributed by atoms with van der Waals surface area (Å²) in [5.41, 5.74) is 3.26. The van der Waals surface area contributed by atoms with Crippen molar-refractivity contribution in [3.63, 3.8) is 0 Å².